The number of amides is 1. The molecule has 8 nitrogen and oxygen atoms in total. The number of rotatable bonds is 7. The standard InChI is InChI=1S/C24H36N4O4S/c1-15-7-11-18(12-8-15)27-33(30,31)22-20(23(25)29)26-28(16(2)24(3,4)5)21(22)17-9-13-19(32-6)14-10-17/h7-8,11-12,16-17,19,27H,9-10,13-14H2,1-6H3,(H2,25,29)/t16-,17?,19?/m0/s1. The molecule has 0 unspecified atom stereocenters. The minimum atomic E-state index is -4.12. The summed E-state index contributed by atoms with van der Waals surface area (Å²) >= 11 is 0. The fourth-order valence-electron chi connectivity index (χ4n) is 4.29. The molecule has 0 spiro atoms. The lowest BCUT2D eigenvalue weighted by atomic mass is 9.83. The average Bonchev–Trinajstić information content (AvgIpc) is 3.16. The van der Waals surface area contributed by atoms with Crippen molar-refractivity contribution in [3.05, 3.63) is 41.2 Å². The largest absolute Gasteiger partial charge is 0.381 e. The summed E-state index contributed by atoms with van der Waals surface area (Å²) in [6.07, 6.45) is 3.26. The molecule has 1 saturated carbocycles. The number of carbonyl (C=O) groups excluding carboxylic acids is 1. The van der Waals surface area contributed by atoms with Crippen molar-refractivity contribution in [2.45, 2.75) is 83.3 Å². The van der Waals surface area contributed by atoms with E-state index in [0.29, 0.717) is 11.4 Å². The lowest BCUT2D eigenvalue weighted by Crippen LogP contribution is -2.28. The van der Waals surface area contributed by atoms with Crippen molar-refractivity contribution in [2.75, 3.05) is 11.8 Å². The van der Waals surface area contributed by atoms with Crippen LogP contribution in [0.1, 0.15) is 87.1 Å². The van der Waals surface area contributed by atoms with Crippen LogP contribution in [0.5, 0.6) is 0 Å². The van der Waals surface area contributed by atoms with Crippen LogP contribution < -0.4 is 10.5 Å². The molecule has 0 radical (unpaired) electrons. The van der Waals surface area contributed by atoms with Crippen LogP contribution in [-0.4, -0.2) is 37.3 Å². The highest BCUT2D eigenvalue weighted by molar-refractivity contribution is 7.92. The number of methoxy groups -OCH3 is 1. The van der Waals surface area contributed by atoms with Gasteiger partial charge < -0.3 is 10.5 Å². The average molecular weight is 477 g/mol. The van der Waals surface area contributed by atoms with Crippen molar-refractivity contribution < 1.29 is 17.9 Å². The van der Waals surface area contributed by atoms with E-state index < -0.39 is 15.9 Å². The summed E-state index contributed by atoms with van der Waals surface area (Å²) < 4.78 is 37.2. The molecular weight excluding hydrogens is 440 g/mol. The molecule has 3 rings (SSSR count). The number of aryl methyl sites for hydroxylation is 1. The van der Waals surface area contributed by atoms with Crippen LogP contribution in [0.25, 0.3) is 0 Å². The molecule has 0 aliphatic heterocycles. The third-order valence-electron chi connectivity index (χ3n) is 6.72. The normalized spacial score (nSPS) is 20.4. The van der Waals surface area contributed by atoms with Gasteiger partial charge in [0.25, 0.3) is 15.9 Å². The van der Waals surface area contributed by atoms with Gasteiger partial charge in [-0.1, -0.05) is 38.5 Å². The van der Waals surface area contributed by atoms with E-state index in [9.17, 15) is 13.2 Å². The van der Waals surface area contributed by atoms with Gasteiger partial charge in [0.05, 0.1) is 17.8 Å². The van der Waals surface area contributed by atoms with Crippen LogP contribution in [0.15, 0.2) is 29.2 Å². The van der Waals surface area contributed by atoms with Crippen molar-refractivity contribution in [1.29, 1.82) is 0 Å². The maximum absolute atomic E-state index is 13.7. The number of hydrogen-bond acceptors (Lipinski definition) is 5. The molecule has 3 N–H and O–H groups in total. The molecule has 1 amide bonds. The minimum absolute atomic E-state index is 0.0774. The summed E-state index contributed by atoms with van der Waals surface area (Å²) in [5.41, 5.74) is 7.22. The van der Waals surface area contributed by atoms with E-state index in [4.69, 9.17) is 10.5 Å². The first kappa shape index (κ1) is 25.2. The van der Waals surface area contributed by atoms with E-state index in [-0.39, 0.29) is 34.1 Å². The van der Waals surface area contributed by atoms with Gasteiger partial charge in [-0.15, -0.1) is 0 Å². The number of aromatic nitrogens is 2. The highest BCUT2D eigenvalue weighted by atomic mass is 32.2. The molecule has 1 heterocycles. The fourth-order valence-corrected chi connectivity index (χ4v) is 5.77. The van der Waals surface area contributed by atoms with Gasteiger partial charge in [-0.05, 0) is 57.1 Å². The molecule has 1 aromatic carbocycles. The van der Waals surface area contributed by atoms with E-state index in [1.165, 1.54) is 0 Å². The van der Waals surface area contributed by atoms with Crippen LogP contribution in [0.4, 0.5) is 5.69 Å². The summed E-state index contributed by atoms with van der Waals surface area (Å²) in [4.78, 5) is 12.3. The van der Waals surface area contributed by atoms with Crippen molar-refractivity contribution >= 4 is 21.6 Å². The Bertz CT molecular complexity index is 1090. The second-order valence-corrected chi connectivity index (χ2v) is 11.7. The zero-order valence-electron chi connectivity index (χ0n) is 20.4. The van der Waals surface area contributed by atoms with Gasteiger partial charge in [-0.3, -0.25) is 14.2 Å². The van der Waals surface area contributed by atoms with Crippen molar-refractivity contribution in [1.82, 2.24) is 9.78 Å². The van der Waals surface area contributed by atoms with Gasteiger partial charge in [-0.25, -0.2) is 8.42 Å². The van der Waals surface area contributed by atoms with Crippen LogP contribution in [-0.2, 0) is 14.8 Å². The molecule has 0 bridgehead atoms. The molecule has 182 valence electrons. The summed E-state index contributed by atoms with van der Waals surface area (Å²) in [6.45, 7) is 10.1. The van der Waals surface area contributed by atoms with Crippen LogP contribution in [0, 0.1) is 12.3 Å². The van der Waals surface area contributed by atoms with Gasteiger partial charge in [-0.2, -0.15) is 5.10 Å². The van der Waals surface area contributed by atoms with E-state index in [2.05, 4.69) is 30.6 Å². The number of anilines is 1. The first-order chi connectivity index (χ1) is 15.3. The highest BCUT2D eigenvalue weighted by Gasteiger charge is 2.39. The summed E-state index contributed by atoms with van der Waals surface area (Å²) in [5.74, 6) is -0.933. The zero-order valence-corrected chi connectivity index (χ0v) is 21.2. The van der Waals surface area contributed by atoms with E-state index >= 15 is 0 Å². The maximum atomic E-state index is 13.7. The lowest BCUT2D eigenvalue weighted by Gasteiger charge is -2.33. The lowest BCUT2D eigenvalue weighted by molar-refractivity contribution is 0.0642. The summed E-state index contributed by atoms with van der Waals surface area (Å²) in [6, 6.07) is 6.88. The number of ether oxygens (including phenoxy) is 1. The Hall–Kier alpha value is -2.39. The number of carbonyl (C=O) groups is 1. The molecule has 1 aliphatic rings. The maximum Gasteiger partial charge on any atom is 0.270 e. The van der Waals surface area contributed by atoms with Crippen molar-refractivity contribution in [3.63, 3.8) is 0 Å². The van der Waals surface area contributed by atoms with Gasteiger partial charge in [0.15, 0.2) is 5.69 Å². The monoisotopic (exact) mass is 476 g/mol. The fraction of sp³-hybridized carbons (Fsp3) is 0.583. The van der Waals surface area contributed by atoms with Crippen LogP contribution in [0.3, 0.4) is 0 Å². The molecule has 0 saturated heterocycles. The Balaban J connectivity index is 2.18. The number of hydrogen-bond donors (Lipinski definition) is 2. The smallest absolute Gasteiger partial charge is 0.270 e. The van der Waals surface area contributed by atoms with Crippen LogP contribution in [0.2, 0.25) is 0 Å². The molecule has 1 aliphatic carbocycles. The first-order valence-electron chi connectivity index (χ1n) is 11.4. The van der Waals surface area contributed by atoms with Crippen molar-refractivity contribution in [2.24, 2.45) is 11.1 Å². The predicted molar refractivity (Wildman–Crippen MR) is 129 cm³/mol. The Morgan fingerprint density at radius 2 is 1.76 bits per heavy atom. The van der Waals surface area contributed by atoms with Gasteiger partial charge in [0, 0.05) is 18.7 Å². The van der Waals surface area contributed by atoms with Gasteiger partial charge >= 0.3 is 0 Å². The summed E-state index contributed by atoms with van der Waals surface area (Å²) in [5, 5.41) is 4.50. The van der Waals surface area contributed by atoms with Crippen molar-refractivity contribution in [3.8, 4) is 0 Å². The number of benzene rings is 1. The highest BCUT2D eigenvalue weighted by Crippen LogP contribution is 2.42. The number of nitrogens with zero attached hydrogens (tertiary/aromatic N) is 2. The van der Waals surface area contributed by atoms with E-state index in [1.54, 1.807) is 23.9 Å². The second-order valence-electron chi connectivity index (χ2n) is 10.1. The molecular formula is C24H36N4O4S. The Morgan fingerprint density at radius 1 is 1.18 bits per heavy atom. The van der Waals surface area contributed by atoms with E-state index in [0.717, 1.165) is 31.2 Å². The number of nitrogens with one attached hydrogen (secondary N) is 1. The first-order valence-corrected chi connectivity index (χ1v) is 12.9. The molecule has 33 heavy (non-hydrogen) atoms. The van der Waals surface area contributed by atoms with E-state index in [1.807, 2.05) is 26.0 Å². The second kappa shape index (κ2) is 9.46. The predicted octanol–water partition coefficient (Wildman–Crippen LogP) is 4.37. The minimum Gasteiger partial charge on any atom is -0.381 e. The third-order valence-corrected chi connectivity index (χ3v) is 8.17. The van der Waals surface area contributed by atoms with Gasteiger partial charge in [0.1, 0.15) is 4.90 Å². The summed E-state index contributed by atoms with van der Waals surface area (Å²) in [7, 11) is -2.43. The molecule has 9 heteroatoms. The quantitative estimate of drug-likeness (QED) is 0.615. The number of sulfonamides is 1. The molecule has 1 fully saturated rings. The number of primary amides is 1. The molecule has 2 aromatic rings. The Kier molecular flexibility index (Phi) is 7.24. The SMILES string of the molecule is COC1CCC(c2c(S(=O)(=O)Nc3ccc(C)cc3)c(C(N)=O)nn2[C@@H](C)C(C)(C)C)CC1. The Morgan fingerprint density at radius 3 is 2.24 bits per heavy atom. The molecule has 1 atom stereocenters. The van der Waals surface area contributed by atoms with Crippen LogP contribution >= 0.6 is 0 Å². The topological polar surface area (TPSA) is 116 Å². The third kappa shape index (κ3) is 5.41. The Labute approximate surface area is 196 Å². The zero-order chi connectivity index (χ0) is 24.6. The molecule has 1 aromatic heterocycles. The van der Waals surface area contributed by atoms with Gasteiger partial charge in [0.2, 0.25) is 0 Å². The number of nitrogens with two attached hydrogens (primary N) is 1.